The van der Waals surface area contributed by atoms with E-state index in [1.54, 1.807) is 0 Å². The molecule has 0 aliphatic heterocycles. The quantitative estimate of drug-likeness (QED) is 0.441. The number of nitriles is 1. The Kier molecular flexibility index (Phi) is 3.38. The number of hydrogen-bond acceptors (Lipinski definition) is 5. The zero-order valence-corrected chi connectivity index (χ0v) is 7.30. The predicted molar refractivity (Wildman–Crippen MR) is 49.6 cm³/mol. The van der Waals surface area contributed by atoms with Crippen LogP contribution in [-0.2, 0) is 0 Å². The molecule has 1 heterocycles. The first-order valence-electron chi connectivity index (χ1n) is 3.95. The Balaban J connectivity index is 2.75. The van der Waals surface area contributed by atoms with Crippen molar-refractivity contribution in [2.75, 3.05) is 11.9 Å². The number of nitrogens with one attached hydrogen (secondary N) is 1. The molecule has 1 rings (SSSR count). The molecule has 0 bridgehead atoms. The van der Waals surface area contributed by atoms with Crippen LogP contribution >= 0.6 is 0 Å². The minimum absolute atomic E-state index is 0.0297. The molecule has 1 N–H and O–H groups in total. The first-order valence-corrected chi connectivity index (χ1v) is 3.95. The molecule has 0 amide bonds. The second-order valence-corrected chi connectivity index (χ2v) is 2.48. The van der Waals surface area contributed by atoms with Gasteiger partial charge in [0.05, 0.1) is 23.6 Å². The Morgan fingerprint density at radius 1 is 1.71 bits per heavy atom. The molecule has 6 heteroatoms. The molecule has 0 spiro atoms. The van der Waals surface area contributed by atoms with Gasteiger partial charge >= 0.3 is 0 Å². The third-order valence-corrected chi connectivity index (χ3v) is 1.55. The lowest BCUT2D eigenvalue weighted by atomic mass is 10.3. The molecule has 0 aromatic carbocycles. The summed E-state index contributed by atoms with van der Waals surface area (Å²) in [4.78, 5) is 13.8. The monoisotopic (exact) mass is 192 g/mol. The molecule has 72 valence electrons. The lowest BCUT2D eigenvalue weighted by Gasteiger charge is -2.02. The number of aromatic nitrogens is 1. The van der Waals surface area contributed by atoms with Gasteiger partial charge in [-0.2, -0.15) is 5.26 Å². The molecule has 0 saturated carbocycles. The summed E-state index contributed by atoms with van der Waals surface area (Å²) in [5.41, 5.74) is 0.311. The topological polar surface area (TPSA) is 91.8 Å². The fourth-order valence-corrected chi connectivity index (χ4v) is 0.936. The van der Waals surface area contributed by atoms with Crippen LogP contribution in [-0.4, -0.2) is 16.5 Å². The second kappa shape index (κ2) is 4.77. The van der Waals surface area contributed by atoms with Crippen molar-refractivity contribution >= 4 is 11.4 Å². The van der Waals surface area contributed by atoms with Gasteiger partial charge in [-0.1, -0.05) is 0 Å². The molecule has 0 unspecified atom stereocenters. The van der Waals surface area contributed by atoms with Crippen molar-refractivity contribution in [1.82, 2.24) is 4.98 Å². The highest BCUT2D eigenvalue weighted by Gasteiger charge is 2.11. The molecule has 0 atom stereocenters. The van der Waals surface area contributed by atoms with Crippen LogP contribution in [0.4, 0.5) is 11.4 Å². The summed E-state index contributed by atoms with van der Waals surface area (Å²) < 4.78 is 0. The Hall–Kier alpha value is -2.16. The van der Waals surface area contributed by atoms with Crippen molar-refractivity contribution in [3.05, 3.63) is 28.6 Å². The highest BCUT2D eigenvalue weighted by Crippen LogP contribution is 2.21. The van der Waals surface area contributed by atoms with E-state index in [9.17, 15) is 10.1 Å². The molecule has 0 aliphatic rings. The number of nitro groups is 1. The predicted octanol–water partition coefficient (Wildman–Crippen LogP) is 1.32. The molecule has 0 saturated heterocycles. The second-order valence-electron chi connectivity index (χ2n) is 2.48. The zero-order chi connectivity index (χ0) is 10.4. The third-order valence-electron chi connectivity index (χ3n) is 1.55. The summed E-state index contributed by atoms with van der Waals surface area (Å²) >= 11 is 0. The van der Waals surface area contributed by atoms with Crippen molar-refractivity contribution in [3.8, 4) is 6.07 Å². The number of rotatable bonds is 4. The molecule has 6 nitrogen and oxygen atoms in total. The van der Waals surface area contributed by atoms with Crippen LogP contribution in [0.15, 0.2) is 18.5 Å². The average molecular weight is 192 g/mol. The SMILES string of the molecule is N#CCCNc1cnccc1[N+](=O)[O-]. The Labute approximate surface area is 80.3 Å². The van der Waals surface area contributed by atoms with Crippen LogP contribution in [0.25, 0.3) is 0 Å². The molecule has 1 aromatic heterocycles. The summed E-state index contributed by atoms with van der Waals surface area (Å²) in [6.07, 6.45) is 3.02. The highest BCUT2D eigenvalue weighted by molar-refractivity contribution is 5.59. The normalized spacial score (nSPS) is 9.07. The van der Waals surface area contributed by atoms with Gasteiger partial charge < -0.3 is 5.32 Å². The fraction of sp³-hybridized carbons (Fsp3) is 0.250. The van der Waals surface area contributed by atoms with Gasteiger partial charge in [0, 0.05) is 18.8 Å². The maximum atomic E-state index is 10.5. The van der Waals surface area contributed by atoms with E-state index in [0.717, 1.165) is 0 Å². The minimum Gasteiger partial charge on any atom is -0.377 e. The molecular weight excluding hydrogens is 184 g/mol. The summed E-state index contributed by atoms with van der Waals surface area (Å²) in [5, 5.41) is 21.6. The van der Waals surface area contributed by atoms with Gasteiger partial charge in [0.15, 0.2) is 0 Å². The minimum atomic E-state index is -0.490. The lowest BCUT2D eigenvalue weighted by Crippen LogP contribution is -2.03. The molecule has 0 fully saturated rings. The Morgan fingerprint density at radius 3 is 3.14 bits per heavy atom. The fourth-order valence-electron chi connectivity index (χ4n) is 0.936. The van der Waals surface area contributed by atoms with Gasteiger partial charge in [-0.25, -0.2) is 0 Å². The van der Waals surface area contributed by atoms with Crippen LogP contribution in [0, 0.1) is 21.4 Å². The van der Waals surface area contributed by atoms with Gasteiger partial charge in [0.25, 0.3) is 5.69 Å². The Morgan fingerprint density at radius 2 is 2.50 bits per heavy atom. The van der Waals surface area contributed by atoms with Crippen molar-refractivity contribution in [2.45, 2.75) is 6.42 Å². The van der Waals surface area contributed by atoms with Gasteiger partial charge in [0.2, 0.25) is 0 Å². The molecular formula is C8H8N4O2. The first-order chi connectivity index (χ1) is 6.75. The summed E-state index contributed by atoms with van der Waals surface area (Å²) in [5.74, 6) is 0. The van der Waals surface area contributed by atoms with Crippen LogP contribution in [0.3, 0.4) is 0 Å². The van der Waals surface area contributed by atoms with Gasteiger partial charge in [-0.15, -0.1) is 0 Å². The van der Waals surface area contributed by atoms with Crippen molar-refractivity contribution in [3.63, 3.8) is 0 Å². The number of nitrogens with zero attached hydrogens (tertiary/aromatic N) is 3. The first kappa shape index (κ1) is 9.92. The molecule has 0 aliphatic carbocycles. The Bertz CT molecular complexity index is 372. The lowest BCUT2D eigenvalue weighted by molar-refractivity contribution is -0.384. The van der Waals surface area contributed by atoms with Crippen molar-refractivity contribution in [1.29, 1.82) is 5.26 Å². The summed E-state index contributed by atoms with van der Waals surface area (Å²) in [6.45, 7) is 0.378. The maximum Gasteiger partial charge on any atom is 0.295 e. The standard InChI is InChI=1S/C8H8N4O2/c9-3-1-4-11-7-6-10-5-2-8(7)12(13)14/h2,5-6,11H,1,4H2. The van der Waals surface area contributed by atoms with Crippen LogP contribution < -0.4 is 5.32 Å². The van der Waals surface area contributed by atoms with E-state index in [2.05, 4.69) is 10.3 Å². The van der Waals surface area contributed by atoms with E-state index in [1.807, 2.05) is 6.07 Å². The number of hydrogen-bond donors (Lipinski definition) is 1. The van der Waals surface area contributed by atoms with E-state index < -0.39 is 4.92 Å². The summed E-state index contributed by atoms with van der Waals surface area (Å²) in [7, 11) is 0. The maximum absolute atomic E-state index is 10.5. The van der Waals surface area contributed by atoms with Gasteiger partial charge in [0.1, 0.15) is 5.69 Å². The van der Waals surface area contributed by atoms with E-state index in [-0.39, 0.29) is 5.69 Å². The van der Waals surface area contributed by atoms with Gasteiger partial charge in [-0.3, -0.25) is 15.1 Å². The van der Waals surface area contributed by atoms with E-state index in [1.165, 1.54) is 18.5 Å². The van der Waals surface area contributed by atoms with E-state index in [0.29, 0.717) is 18.7 Å². The largest absolute Gasteiger partial charge is 0.377 e. The van der Waals surface area contributed by atoms with Crippen LogP contribution in [0.2, 0.25) is 0 Å². The zero-order valence-electron chi connectivity index (χ0n) is 7.30. The van der Waals surface area contributed by atoms with Crippen molar-refractivity contribution < 1.29 is 4.92 Å². The third kappa shape index (κ3) is 2.42. The van der Waals surface area contributed by atoms with Crippen LogP contribution in [0.1, 0.15) is 6.42 Å². The smallest absolute Gasteiger partial charge is 0.295 e. The average Bonchev–Trinajstić information content (AvgIpc) is 2.19. The molecule has 1 aromatic rings. The summed E-state index contributed by atoms with van der Waals surface area (Å²) in [6, 6.07) is 3.25. The van der Waals surface area contributed by atoms with Gasteiger partial charge in [-0.05, 0) is 0 Å². The molecule has 14 heavy (non-hydrogen) atoms. The van der Waals surface area contributed by atoms with E-state index in [4.69, 9.17) is 5.26 Å². The van der Waals surface area contributed by atoms with E-state index >= 15 is 0 Å². The number of pyridine rings is 1. The number of anilines is 1. The molecule has 0 radical (unpaired) electrons. The highest BCUT2D eigenvalue weighted by atomic mass is 16.6. The van der Waals surface area contributed by atoms with Crippen molar-refractivity contribution in [2.24, 2.45) is 0 Å². The van der Waals surface area contributed by atoms with Crippen LogP contribution in [0.5, 0.6) is 0 Å².